The first-order valence-corrected chi connectivity index (χ1v) is 5.67. The standard InChI is InChI=1S/C11H15Cl2N/c1-9(8-12)14-7-6-10-2-4-11(13)5-3-10/h2-5,9,14H,6-8H2,1H3. The van der Waals surface area contributed by atoms with Crippen molar-refractivity contribution in [1.82, 2.24) is 5.32 Å². The first kappa shape index (κ1) is 11.8. The first-order chi connectivity index (χ1) is 6.72. The smallest absolute Gasteiger partial charge is 0.0406 e. The number of nitrogens with one attached hydrogen (secondary N) is 1. The second-order valence-electron chi connectivity index (χ2n) is 3.39. The van der Waals surface area contributed by atoms with Gasteiger partial charge in [-0.15, -0.1) is 11.6 Å². The molecule has 1 N–H and O–H groups in total. The van der Waals surface area contributed by atoms with E-state index in [-0.39, 0.29) is 0 Å². The normalized spacial score (nSPS) is 12.8. The second kappa shape index (κ2) is 6.28. The molecule has 0 saturated carbocycles. The van der Waals surface area contributed by atoms with Crippen LogP contribution < -0.4 is 5.32 Å². The summed E-state index contributed by atoms with van der Waals surface area (Å²) in [5, 5.41) is 4.12. The van der Waals surface area contributed by atoms with Crippen molar-refractivity contribution in [3.63, 3.8) is 0 Å². The average Bonchev–Trinajstić information content (AvgIpc) is 2.21. The van der Waals surface area contributed by atoms with Crippen LogP contribution in [0, 0.1) is 0 Å². The highest BCUT2D eigenvalue weighted by Crippen LogP contribution is 2.09. The van der Waals surface area contributed by atoms with E-state index in [1.807, 2.05) is 12.1 Å². The fourth-order valence-electron chi connectivity index (χ4n) is 1.17. The third kappa shape index (κ3) is 4.32. The summed E-state index contributed by atoms with van der Waals surface area (Å²) in [6.45, 7) is 3.03. The van der Waals surface area contributed by atoms with Crippen molar-refractivity contribution >= 4 is 23.2 Å². The lowest BCUT2D eigenvalue weighted by atomic mass is 10.1. The number of halogens is 2. The molecule has 0 radical (unpaired) electrons. The predicted octanol–water partition coefficient (Wildman–Crippen LogP) is 3.10. The molecule has 3 heteroatoms. The molecule has 0 amide bonds. The van der Waals surface area contributed by atoms with Gasteiger partial charge in [0.15, 0.2) is 0 Å². The maximum Gasteiger partial charge on any atom is 0.0406 e. The Bertz CT molecular complexity index is 258. The van der Waals surface area contributed by atoms with Gasteiger partial charge in [-0.2, -0.15) is 0 Å². The van der Waals surface area contributed by atoms with Crippen molar-refractivity contribution in [3.8, 4) is 0 Å². The molecule has 1 unspecified atom stereocenters. The van der Waals surface area contributed by atoms with Crippen molar-refractivity contribution in [2.24, 2.45) is 0 Å². The Hall–Kier alpha value is -0.240. The van der Waals surface area contributed by atoms with Gasteiger partial charge in [0.05, 0.1) is 0 Å². The van der Waals surface area contributed by atoms with Gasteiger partial charge in [0.25, 0.3) is 0 Å². The lowest BCUT2D eigenvalue weighted by Gasteiger charge is -2.09. The van der Waals surface area contributed by atoms with E-state index in [4.69, 9.17) is 23.2 Å². The molecular formula is C11H15Cl2N. The van der Waals surface area contributed by atoms with E-state index in [2.05, 4.69) is 24.4 Å². The Kier molecular flexibility index (Phi) is 5.31. The van der Waals surface area contributed by atoms with Gasteiger partial charge in [-0.3, -0.25) is 0 Å². The molecule has 1 aromatic rings. The Morgan fingerprint density at radius 2 is 1.93 bits per heavy atom. The van der Waals surface area contributed by atoms with E-state index in [1.54, 1.807) is 0 Å². The van der Waals surface area contributed by atoms with Gasteiger partial charge in [0, 0.05) is 16.9 Å². The van der Waals surface area contributed by atoms with Crippen molar-refractivity contribution in [3.05, 3.63) is 34.9 Å². The van der Waals surface area contributed by atoms with Gasteiger partial charge in [-0.1, -0.05) is 23.7 Å². The summed E-state index contributed by atoms with van der Waals surface area (Å²) >= 11 is 11.5. The largest absolute Gasteiger partial charge is 0.313 e. The fraction of sp³-hybridized carbons (Fsp3) is 0.455. The highest BCUT2D eigenvalue weighted by Gasteiger charge is 1.98. The van der Waals surface area contributed by atoms with Crippen LogP contribution in [0.25, 0.3) is 0 Å². The molecule has 0 bridgehead atoms. The highest BCUT2D eigenvalue weighted by molar-refractivity contribution is 6.30. The van der Waals surface area contributed by atoms with Crippen molar-refractivity contribution in [2.45, 2.75) is 19.4 Å². The molecule has 0 spiro atoms. The third-order valence-electron chi connectivity index (χ3n) is 2.05. The number of hydrogen-bond donors (Lipinski definition) is 1. The fourth-order valence-corrected chi connectivity index (χ4v) is 1.40. The average molecular weight is 232 g/mol. The Morgan fingerprint density at radius 1 is 1.29 bits per heavy atom. The molecule has 0 fully saturated rings. The zero-order chi connectivity index (χ0) is 10.4. The molecule has 0 aliphatic carbocycles. The van der Waals surface area contributed by atoms with Gasteiger partial charge in [-0.25, -0.2) is 0 Å². The number of hydrogen-bond acceptors (Lipinski definition) is 1. The molecule has 0 saturated heterocycles. The quantitative estimate of drug-likeness (QED) is 0.769. The van der Waals surface area contributed by atoms with Crippen LogP contribution in [0.2, 0.25) is 5.02 Å². The Morgan fingerprint density at radius 3 is 2.50 bits per heavy atom. The maximum absolute atomic E-state index is 5.79. The van der Waals surface area contributed by atoms with Gasteiger partial charge in [-0.05, 0) is 37.6 Å². The minimum atomic E-state index is 0.379. The number of rotatable bonds is 5. The molecule has 1 rings (SSSR count). The summed E-state index contributed by atoms with van der Waals surface area (Å²) in [6, 6.07) is 8.32. The zero-order valence-corrected chi connectivity index (χ0v) is 9.78. The van der Waals surface area contributed by atoms with Crippen LogP contribution in [-0.2, 0) is 6.42 Å². The van der Waals surface area contributed by atoms with Crippen LogP contribution in [0.4, 0.5) is 0 Å². The van der Waals surface area contributed by atoms with Crippen LogP contribution in [0.3, 0.4) is 0 Å². The number of alkyl halides is 1. The lowest BCUT2D eigenvalue weighted by molar-refractivity contribution is 0.595. The van der Waals surface area contributed by atoms with E-state index in [0.29, 0.717) is 11.9 Å². The molecule has 1 atom stereocenters. The monoisotopic (exact) mass is 231 g/mol. The van der Waals surface area contributed by atoms with Gasteiger partial charge >= 0.3 is 0 Å². The minimum absolute atomic E-state index is 0.379. The van der Waals surface area contributed by atoms with Crippen molar-refractivity contribution in [1.29, 1.82) is 0 Å². The molecule has 0 heterocycles. The lowest BCUT2D eigenvalue weighted by Crippen LogP contribution is -2.29. The summed E-state index contributed by atoms with van der Waals surface area (Å²) in [7, 11) is 0. The van der Waals surface area contributed by atoms with E-state index < -0.39 is 0 Å². The summed E-state index contributed by atoms with van der Waals surface area (Å²) in [4.78, 5) is 0. The van der Waals surface area contributed by atoms with Crippen molar-refractivity contribution in [2.75, 3.05) is 12.4 Å². The summed E-state index contributed by atoms with van der Waals surface area (Å²) in [5.41, 5.74) is 1.30. The van der Waals surface area contributed by atoms with Gasteiger partial charge in [0.2, 0.25) is 0 Å². The first-order valence-electron chi connectivity index (χ1n) is 4.76. The molecule has 14 heavy (non-hydrogen) atoms. The minimum Gasteiger partial charge on any atom is -0.313 e. The molecule has 1 aromatic carbocycles. The van der Waals surface area contributed by atoms with E-state index in [1.165, 1.54) is 5.56 Å². The molecule has 0 aromatic heterocycles. The van der Waals surface area contributed by atoms with E-state index >= 15 is 0 Å². The highest BCUT2D eigenvalue weighted by atomic mass is 35.5. The SMILES string of the molecule is CC(CCl)NCCc1ccc(Cl)cc1. The molecule has 78 valence electrons. The Balaban J connectivity index is 2.28. The van der Waals surface area contributed by atoms with Crippen LogP contribution in [-0.4, -0.2) is 18.5 Å². The predicted molar refractivity (Wildman–Crippen MR) is 63.3 cm³/mol. The van der Waals surface area contributed by atoms with Gasteiger partial charge in [0.1, 0.15) is 0 Å². The molecular weight excluding hydrogens is 217 g/mol. The topological polar surface area (TPSA) is 12.0 Å². The zero-order valence-electron chi connectivity index (χ0n) is 8.26. The van der Waals surface area contributed by atoms with Crippen LogP contribution >= 0.6 is 23.2 Å². The van der Waals surface area contributed by atoms with E-state index in [9.17, 15) is 0 Å². The molecule has 0 aliphatic rings. The third-order valence-corrected chi connectivity index (χ3v) is 2.77. The summed E-state index contributed by atoms with van der Waals surface area (Å²) < 4.78 is 0. The molecule has 0 aliphatic heterocycles. The molecule has 1 nitrogen and oxygen atoms in total. The van der Waals surface area contributed by atoms with Crippen LogP contribution in [0.1, 0.15) is 12.5 Å². The van der Waals surface area contributed by atoms with Crippen LogP contribution in [0.5, 0.6) is 0 Å². The second-order valence-corrected chi connectivity index (χ2v) is 4.13. The van der Waals surface area contributed by atoms with E-state index in [0.717, 1.165) is 18.0 Å². The number of benzene rings is 1. The van der Waals surface area contributed by atoms with Crippen molar-refractivity contribution < 1.29 is 0 Å². The summed E-state index contributed by atoms with van der Waals surface area (Å²) in [5.74, 6) is 0.653. The maximum atomic E-state index is 5.79. The Labute approximate surface area is 95.4 Å². The van der Waals surface area contributed by atoms with Crippen LogP contribution in [0.15, 0.2) is 24.3 Å². The summed E-state index contributed by atoms with van der Waals surface area (Å²) in [6.07, 6.45) is 1.01. The van der Waals surface area contributed by atoms with Gasteiger partial charge < -0.3 is 5.32 Å².